The lowest BCUT2D eigenvalue weighted by Gasteiger charge is -2.24. The minimum absolute atomic E-state index is 0.312. The van der Waals surface area contributed by atoms with Gasteiger partial charge in [0.05, 0.1) is 26.0 Å². The summed E-state index contributed by atoms with van der Waals surface area (Å²) in [6.45, 7) is 1.36. The van der Waals surface area contributed by atoms with E-state index >= 15 is 0 Å². The van der Waals surface area contributed by atoms with Crippen LogP contribution in [0.25, 0.3) is 0 Å². The number of benzene rings is 1. The van der Waals surface area contributed by atoms with Crippen molar-refractivity contribution in [2.75, 3.05) is 12.0 Å². The molecular formula is C18H16N4OS. The summed E-state index contributed by atoms with van der Waals surface area (Å²) in [7, 11) is 1.67. The summed E-state index contributed by atoms with van der Waals surface area (Å²) in [6.07, 6.45) is 3.14. The summed E-state index contributed by atoms with van der Waals surface area (Å²) < 4.78 is 5.45. The van der Waals surface area contributed by atoms with Crippen molar-refractivity contribution in [2.24, 2.45) is 0 Å². The smallest absolute Gasteiger partial charge is 0.158 e. The highest BCUT2D eigenvalue weighted by Gasteiger charge is 2.13. The highest BCUT2D eigenvalue weighted by molar-refractivity contribution is 7.09. The average Bonchev–Trinajstić information content (AvgIpc) is 3.15. The minimum atomic E-state index is 0.312. The van der Waals surface area contributed by atoms with E-state index in [0.717, 1.165) is 23.7 Å². The van der Waals surface area contributed by atoms with E-state index in [1.165, 1.54) is 11.1 Å². The Kier molecular flexibility index (Phi) is 5.04. The number of para-hydroxylation sites is 1. The molecule has 0 unspecified atom stereocenters. The lowest BCUT2D eigenvalue weighted by Crippen LogP contribution is -2.23. The van der Waals surface area contributed by atoms with E-state index < -0.39 is 0 Å². The summed E-state index contributed by atoms with van der Waals surface area (Å²) in [6, 6.07) is 14.1. The van der Waals surface area contributed by atoms with Crippen molar-refractivity contribution in [2.45, 2.75) is 13.1 Å². The van der Waals surface area contributed by atoms with Gasteiger partial charge in [-0.15, -0.1) is 11.3 Å². The molecule has 2 aromatic heterocycles. The molecule has 0 amide bonds. The Balaban J connectivity index is 1.90. The van der Waals surface area contributed by atoms with Crippen LogP contribution >= 0.6 is 11.3 Å². The molecule has 0 saturated heterocycles. The van der Waals surface area contributed by atoms with E-state index in [-0.39, 0.29) is 0 Å². The quantitative estimate of drug-likeness (QED) is 0.688. The number of nitriles is 1. The number of methoxy groups -OCH3 is 1. The maximum absolute atomic E-state index is 8.90. The first-order valence-electron chi connectivity index (χ1n) is 7.41. The fraction of sp³-hybridized carbons (Fsp3) is 0.167. The van der Waals surface area contributed by atoms with Gasteiger partial charge in [-0.2, -0.15) is 5.26 Å². The maximum atomic E-state index is 8.90. The Morgan fingerprint density at radius 1 is 1.12 bits per heavy atom. The highest BCUT2D eigenvalue weighted by atomic mass is 32.1. The van der Waals surface area contributed by atoms with Crippen LogP contribution in [0.5, 0.6) is 5.75 Å². The molecule has 0 N–H and O–H groups in total. The van der Waals surface area contributed by atoms with E-state index in [9.17, 15) is 0 Å². The van der Waals surface area contributed by atoms with Crippen LogP contribution in [0.4, 0.5) is 5.82 Å². The van der Waals surface area contributed by atoms with Crippen molar-refractivity contribution in [3.05, 3.63) is 70.3 Å². The Labute approximate surface area is 144 Å². The summed E-state index contributed by atoms with van der Waals surface area (Å²) in [5.74, 6) is 1.57. The third-order valence-corrected chi connectivity index (χ3v) is 4.42. The summed E-state index contributed by atoms with van der Waals surface area (Å²) in [4.78, 5) is 11.9. The molecule has 1 aromatic carbocycles. The Hall–Kier alpha value is -2.91. The fourth-order valence-corrected chi connectivity index (χ4v) is 3.11. The van der Waals surface area contributed by atoms with Gasteiger partial charge in [0.15, 0.2) is 5.69 Å². The molecule has 0 radical (unpaired) electrons. The molecule has 0 spiro atoms. The van der Waals surface area contributed by atoms with Crippen LogP contribution in [0.2, 0.25) is 0 Å². The molecule has 2 heterocycles. The van der Waals surface area contributed by atoms with Crippen LogP contribution in [0.3, 0.4) is 0 Å². The molecule has 0 aliphatic heterocycles. The van der Waals surface area contributed by atoms with Gasteiger partial charge in [-0.3, -0.25) is 0 Å². The topological polar surface area (TPSA) is 62.0 Å². The number of nitrogens with zero attached hydrogens (tertiary/aromatic N) is 4. The molecule has 120 valence electrons. The molecule has 0 saturated carbocycles. The molecule has 0 fully saturated rings. The lowest BCUT2D eigenvalue weighted by atomic mass is 10.2. The largest absolute Gasteiger partial charge is 0.496 e. The first-order chi connectivity index (χ1) is 11.8. The zero-order valence-electron chi connectivity index (χ0n) is 13.2. The zero-order chi connectivity index (χ0) is 16.8. The van der Waals surface area contributed by atoms with Crippen molar-refractivity contribution in [1.29, 1.82) is 5.26 Å². The predicted molar refractivity (Wildman–Crippen MR) is 93.9 cm³/mol. The average molecular weight is 336 g/mol. The molecule has 3 aromatic rings. The molecular weight excluding hydrogens is 320 g/mol. The summed E-state index contributed by atoms with van der Waals surface area (Å²) in [5, 5.41) is 11.0. The van der Waals surface area contributed by atoms with Crippen LogP contribution in [-0.2, 0) is 13.1 Å². The second kappa shape index (κ2) is 7.57. The zero-order valence-corrected chi connectivity index (χ0v) is 14.0. The van der Waals surface area contributed by atoms with Gasteiger partial charge < -0.3 is 9.64 Å². The number of anilines is 1. The molecule has 0 aliphatic rings. The standard InChI is InChI=1S/C18H16N4OS/c1-23-17-7-3-2-5-14(17)12-22(13-16-6-4-8-24-16)18-11-20-15(9-19)10-21-18/h2-8,10-11H,12-13H2,1H3. The molecule has 0 aliphatic carbocycles. The van der Waals surface area contributed by atoms with Crippen LogP contribution in [0, 0.1) is 11.3 Å². The van der Waals surface area contributed by atoms with Crippen molar-refractivity contribution in [3.63, 3.8) is 0 Å². The van der Waals surface area contributed by atoms with Gasteiger partial charge in [0.25, 0.3) is 0 Å². The van der Waals surface area contributed by atoms with Gasteiger partial charge in [-0.1, -0.05) is 24.3 Å². The van der Waals surface area contributed by atoms with E-state index in [1.54, 1.807) is 24.6 Å². The number of aromatic nitrogens is 2. The monoisotopic (exact) mass is 336 g/mol. The number of thiophene rings is 1. The molecule has 5 nitrogen and oxygen atoms in total. The fourth-order valence-electron chi connectivity index (χ4n) is 2.39. The predicted octanol–water partition coefficient (Wildman–Crippen LogP) is 3.63. The van der Waals surface area contributed by atoms with E-state index in [0.29, 0.717) is 12.2 Å². The first kappa shape index (κ1) is 16.0. The second-order valence-corrected chi connectivity index (χ2v) is 6.15. The first-order valence-corrected chi connectivity index (χ1v) is 8.29. The van der Waals surface area contributed by atoms with Crippen LogP contribution in [-0.4, -0.2) is 17.1 Å². The number of rotatable bonds is 6. The molecule has 3 rings (SSSR count). The Morgan fingerprint density at radius 3 is 2.67 bits per heavy atom. The van der Waals surface area contributed by atoms with Gasteiger partial charge in [-0.05, 0) is 17.5 Å². The third-order valence-electron chi connectivity index (χ3n) is 3.56. The van der Waals surface area contributed by atoms with Crippen LogP contribution < -0.4 is 9.64 Å². The molecule has 6 heteroatoms. The van der Waals surface area contributed by atoms with Crippen LogP contribution in [0.15, 0.2) is 54.2 Å². The van der Waals surface area contributed by atoms with Gasteiger partial charge in [0.1, 0.15) is 17.6 Å². The van der Waals surface area contributed by atoms with Gasteiger partial charge in [-0.25, -0.2) is 9.97 Å². The molecule has 0 atom stereocenters. The normalized spacial score (nSPS) is 10.2. The van der Waals surface area contributed by atoms with Gasteiger partial charge in [0.2, 0.25) is 0 Å². The van der Waals surface area contributed by atoms with Crippen LogP contribution in [0.1, 0.15) is 16.1 Å². The minimum Gasteiger partial charge on any atom is -0.496 e. The molecule has 0 bridgehead atoms. The van der Waals surface area contributed by atoms with E-state index in [2.05, 4.69) is 26.3 Å². The maximum Gasteiger partial charge on any atom is 0.158 e. The van der Waals surface area contributed by atoms with E-state index in [1.807, 2.05) is 36.4 Å². The van der Waals surface area contributed by atoms with Crippen molar-refractivity contribution >= 4 is 17.2 Å². The Morgan fingerprint density at radius 2 is 2.00 bits per heavy atom. The number of ether oxygens (including phenoxy) is 1. The highest BCUT2D eigenvalue weighted by Crippen LogP contribution is 2.24. The van der Waals surface area contributed by atoms with Crippen molar-refractivity contribution in [1.82, 2.24) is 9.97 Å². The summed E-state index contributed by atoms with van der Waals surface area (Å²) >= 11 is 1.70. The lowest BCUT2D eigenvalue weighted by molar-refractivity contribution is 0.409. The number of hydrogen-bond donors (Lipinski definition) is 0. The summed E-state index contributed by atoms with van der Waals surface area (Å²) in [5.41, 5.74) is 1.38. The number of hydrogen-bond acceptors (Lipinski definition) is 6. The van der Waals surface area contributed by atoms with Gasteiger partial charge in [0, 0.05) is 17.0 Å². The van der Waals surface area contributed by atoms with E-state index in [4.69, 9.17) is 10.00 Å². The van der Waals surface area contributed by atoms with Gasteiger partial charge >= 0.3 is 0 Å². The SMILES string of the molecule is COc1ccccc1CN(Cc1cccs1)c1cnc(C#N)cn1. The van der Waals surface area contributed by atoms with Crippen molar-refractivity contribution < 1.29 is 4.74 Å². The third kappa shape index (κ3) is 3.70. The molecule has 24 heavy (non-hydrogen) atoms. The van der Waals surface area contributed by atoms with Crippen molar-refractivity contribution in [3.8, 4) is 11.8 Å². The Bertz CT molecular complexity index is 825. The second-order valence-electron chi connectivity index (χ2n) is 5.12.